The van der Waals surface area contributed by atoms with Crippen LogP contribution in [-0.4, -0.2) is 86.6 Å². The molecule has 0 unspecified atom stereocenters. The molecule has 1 aromatic rings. The Hall–Kier alpha value is -2.23. The smallest absolute Gasteiger partial charge is 0.259 e. The van der Waals surface area contributed by atoms with Gasteiger partial charge in [0.15, 0.2) is 11.7 Å². The van der Waals surface area contributed by atoms with E-state index in [0.29, 0.717) is 10.9 Å². The van der Waals surface area contributed by atoms with E-state index in [-0.39, 0.29) is 12.5 Å². The molecule has 0 saturated carbocycles. The fraction of sp³-hybridized carbons (Fsp3) is 0.526. The number of hydrogen-bond acceptors (Lipinski definition) is 6. The molecule has 1 saturated heterocycles. The highest BCUT2D eigenvalue weighted by Crippen LogP contribution is 2.13. The van der Waals surface area contributed by atoms with E-state index in [4.69, 9.17) is 21.7 Å². The number of ether oxygens (including phenoxy) is 2. The van der Waals surface area contributed by atoms with Gasteiger partial charge in [0.1, 0.15) is 5.75 Å². The molecule has 9 heteroatoms. The van der Waals surface area contributed by atoms with Crippen LogP contribution in [0, 0.1) is 0 Å². The fourth-order valence-corrected chi connectivity index (χ4v) is 2.61. The second kappa shape index (κ2) is 11.6. The normalized spacial score (nSPS) is 15.0. The molecule has 1 aliphatic rings. The molecule has 0 atom stereocenters. The monoisotopic (exact) mass is 407 g/mol. The average Bonchev–Trinajstić information content (AvgIpc) is 2.71. The number of rotatable bonds is 8. The van der Waals surface area contributed by atoms with Crippen LogP contribution in [0.5, 0.6) is 5.75 Å². The highest BCUT2D eigenvalue weighted by Gasteiger charge is 2.09. The van der Waals surface area contributed by atoms with Gasteiger partial charge < -0.3 is 19.7 Å². The van der Waals surface area contributed by atoms with Gasteiger partial charge in [-0.05, 0) is 49.0 Å². The molecule has 0 aliphatic carbocycles. The Kier molecular flexibility index (Phi) is 9.12. The zero-order valence-electron chi connectivity index (χ0n) is 16.7. The third-order valence-electron chi connectivity index (χ3n) is 4.28. The lowest BCUT2D eigenvalue weighted by atomic mass is 10.1. The first-order chi connectivity index (χ1) is 13.5. The van der Waals surface area contributed by atoms with Crippen LogP contribution in [-0.2, 0) is 9.53 Å². The number of nitrogens with zero attached hydrogens (tertiary/aromatic N) is 3. The van der Waals surface area contributed by atoms with Crippen molar-refractivity contribution < 1.29 is 14.3 Å². The van der Waals surface area contributed by atoms with Gasteiger partial charge in [-0.3, -0.25) is 15.1 Å². The molecule has 8 nitrogen and oxygen atoms in total. The molecule has 1 amide bonds. The fourth-order valence-electron chi connectivity index (χ4n) is 2.46. The number of hydrazone groups is 1. The van der Waals surface area contributed by atoms with Crippen LogP contribution in [0.25, 0.3) is 0 Å². The molecule has 2 N–H and O–H groups in total. The predicted octanol–water partition coefficient (Wildman–Crippen LogP) is 0.674. The minimum Gasteiger partial charge on any atom is -0.484 e. The maximum absolute atomic E-state index is 11.6. The summed E-state index contributed by atoms with van der Waals surface area (Å²) in [6.45, 7) is 7.11. The number of benzene rings is 1. The zero-order valence-corrected chi connectivity index (χ0v) is 17.6. The summed E-state index contributed by atoms with van der Waals surface area (Å²) in [5.41, 5.74) is 4.61. The van der Waals surface area contributed by atoms with Crippen molar-refractivity contribution in [3.05, 3.63) is 29.8 Å². The number of carbonyl (C=O) groups excluding carboxylic acids is 1. The Morgan fingerprint density at radius 2 is 1.96 bits per heavy atom. The summed E-state index contributed by atoms with van der Waals surface area (Å²) in [6.07, 6.45) is 0. The summed E-state index contributed by atoms with van der Waals surface area (Å²) < 4.78 is 10.8. The Labute approximate surface area is 171 Å². The second-order valence-electron chi connectivity index (χ2n) is 6.62. The van der Waals surface area contributed by atoms with Crippen molar-refractivity contribution in [2.24, 2.45) is 5.10 Å². The van der Waals surface area contributed by atoms with Gasteiger partial charge in [0.2, 0.25) is 0 Å². The van der Waals surface area contributed by atoms with Crippen LogP contribution in [0.15, 0.2) is 29.4 Å². The van der Waals surface area contributed by atoms with Gasteiger partial charge in [0.25, 0.3) is 5.91 Å². The topological polar surface area (TPSA) is 78.4 Å². The Bertz CT molecular complexity index is 673. The van der Waals surface area contributed by atoms with Crippen molar-refractivity contribution in [2.75, 3.05) is 60.1 Å². The molecular weight excluding hydrogens is 378 g/mol. The maximum atomic E-state index is 11.6. The van der Waals surface area contributed by atoms with E-state index in [1.165, 1.54) is 4.90 Å². The molecule has 1 heterocycles. The second-order valence-corrected chi connectivity index (χ2v) is 7.03. The van der Waals surface area contributed by atoms with Gasteiger partial charge in [0.05, 0.1) is 18.9 Å². The molecule has 2 rings (SSSR count). The minimum atomic E-state index is -0.0827. The Morgan fingerprint density at radius 3 is 2.61 bits per heavy atom. The van der Waals surface area contributed by atoms with Crippen molar-refractivity contribution in [2.45, 2.75) is 6.92 Å². The lowest BCUT2D eigenvalue weighted by Gasteiger charge is -2.26. The van der Waals surface area contributed by atoms with Crippen LogP contribution in [0.1, 0.15) is 12.5 Å². The average molecular weight is 408 g/mol. The third-order valence-corrected chi connectivity index (χ3v) is 4.51. The molecule has 0 radical (unpaired) electrons. The maximum Gasteiger partial charge on any atom is 0.259 e. The van der Waals surface area contributed by atoms with E-state index in [9.17, 15) is 4.79 Å². The molecule has 154 valence electrons. The molecule has 0 aromatic heterocycles. The number of amides is 1. The van der Waals surface area contributed by atoms with Crippen molar-refractivity contribution in [3.63, 3.8) is 0 Å². The number of morpholine rings is 1. The van der Waals surface area contributed by atoms with Crippen molar-refractivity contribution >= 4 is 28.9 Å². The quantitative estimate of drug-likeness (QED) is 0.373. The molecule has 0 bridgehead atoms. The van der Waals surface area contributed by atoms with Gasteiger partial charge in [-0.1, -0.05) is 0 Å². The summed E-state index contributed by atoms with van der Waals surface area (Å²) >= 11 is 5.26. The molecule has 1 aromatic carbocycles. The molecule has 1 fully saturated rings. The lowest BCUT2D eigenvalue weighted by molar-refractivity contribution is -0.130. The standard InChI is InChI=1S/C19H29N5O3S/c1-15(16-4-6-17(7-5-16)27-14-18(25)23(2)3)21-22-19(28)20-8-9-24-10-12-26-13-11-24/h4-7H,8-14H2,1-3H3,(H2,20,22,28)/b21-15+. The highest BCUT2D eigenvalue weighted by atomic mass is 32.1. The van der Waals surface area contributed by atoms with Crippen LogP contribution >= 0.6 is 12.2 Å². The number of nitrogens with one attached hydrogen (secondary N) is 2. The van der Waals surface area contributed by atoms with E-state index in [0.717, 1.165) is 50.7 Å². The first kappa shape index (κ1) is 22.1. The largest absolute Gasteiger partial charge is 0.484 e. The van der Waals surface area contributed by atoms with E-state index < -0.39 is 0 Å². The Morgan fingerprint density at radius 1 is 1.29 bits per heavy atom. The van der Waals surface area contributed by atoms with Crippen LogP contribution in [0.2, 0.25) is 0 Å². The number of carbonyl (C=O) groups is 1. The number of thiocarbonyl (C=S) groups is 1. The molecule has 0 spiro atoms. The zero-order chi connectivity index (χ0) is 20.4. The van der Waals surface area contributed by atoms with Gasteiger partial charge in [-0.15, -0.1) is 0 Å². The first-order valence-electron chi connectivity index (χ1n) is 9.27. The summed E-state index contributed by atoms with van der Waals surface area (Å²) in [6, 6.07) is 7.42. The first-order valence-corrected chi connectivity index (χ1v) is 9.68. The Balaban J connectivity index is 1.72. The van der Waals surface area contributed by atoms with Gasteiger partial charge >= 0.3 is 0 Å². The van der Waals surface area contributed by atoms with Crippen molar-refractivity contribution in [3.8, 4) is 5.75 Å². The summed E-state index contributed by atoms with van der Waals surface area (Å²) in [5.74, 6) is 0.556. The third kappa shape index (κ3) is 7.79. The lowest BCUT2D eigenvalue weighted by Crippen LogP contribution is -2.42. The highest BCUT2D eigenvalue weighted by molar-refractivity contribution is 7.80. The summed E-state index contributed by atoms with van der Waals surface area (Å²) in [5, 5.41) is 7.97. The van der Waals surface area contributed by atoms with Crippen LogP contribution in [0.4, 0.5) is 0 Å². The SMILES string of the molecule is C/C(=N\NC(=S)NCCN1CCOCC1)c1ccc(OCC(=O)N(C)C)cc1. The molecule has 1 aliphatic heterocycles. The van der Waals surface area contributed by atoms with Gasteiger partial charge in [-0.2, -0.15) is 5.10 Å². The predicted molar refractivity (Wildman–Crippen MR) is 114 cm³/mol. The van der Waals surface area contributed by atoms with Crippen LogP contribution in [0.3, 0.4) is 0 Å². The van der Waals surface area contributed by atoms with E-state index in [2.05, 4.69) is 20.7 Å². The molecule has 28 heavy (non-hydrogen) atoms. The summed E-state index contributed by atoms with van der Waals surface area (Å²) in [4.78, 5) is 15.4. The van der Waals surface area contributed by atoms with E-state index >= 15 is 0 Å². The summed E-state index contributed by atoms with van der Waals surface area (Å²) in [7, 11) is 3.40. The van der Waals surface area contributed by atoms with Crippen LogP contribution < -0.4 is 15.5 Å². The van der Waals surface area contributed by atoms with E-state index in [1.807, 2.05) is 31.2 Å². The number of hydrogen-bond donors (Lipinski definition) is 2. The van der Waals surface area contributed by atoms with Gasteiger partial charge in [-0.25, -0.2) is 0 Å². The van der Waals surface area contributed by atoms with Crippen molar-refractivity contribution in [1.82, 2.24) is 20.5 Å². The number of likely N-dealkylation sites (N-methyl/N-ethyl adjacent to an activating group) is 1. The van der Waals surface area contributed by atoms with E-state index in [1.54, 1.807) is 14.1 Å². The minimum absolute atomic E-state index is 0.0192. The molecular formula is C19H29N5O3S. The van der Waals surface area contributed by atoms with Crippen molar-refractivity contribution in [1.29, 1.82) is 0 Å². The van der Waals surface area contributed by atoms with Gasteiger partial charge in [0, 0.05) is 40.3 Å².